The number of nitrogens with one attached hydrogen (secondary N) is 1. The summed E-state index contributed by atoms with van der Waals surface area (Å²) in [7, 11) is 0. The van der Waals surface area contributed by atoms with Crippen molar-refractivity contribution in [2.45, 2.75) is 31.8 Å². The number of carboxylic acid groups (broad SMARTS) is 1. The molecule has 0 atom stereocenters. The highest BCUT2D eigenvalue weighted by Crippen LogP contribution is 2.24. The zero-order chi connectivity index (χ0) is 12.5. The molecule has 0 saturated heterocycles. The first kappa shape index (κ1) is 11.3. The first-order valence-corrected chi connectivity index (χ1v) is 6.21. The second-order valence-corrected chi connectivity index (χ2v) is 4.79. The van der Waals surface area contributed by atoms with Crippen LogP contribution in [0.4, 0.5) is 0 Å². The van der Waals surface area contributed by atoms with Gasteiger partial charge in [-0.2, -0.15) is 0 Å². The molecule has 1 fully saturated rings. The van der Waals surface area contributed by atoms with Gasteiger partial charge in [0.2, 0.25) is 0 Å². The molecular weight excluding hydrogens is 230 g/mol. The number of fused-ring (bicyclic) bond motifs is 1. The zero-order valence-corrected chi connectivity index (χ0v) is 9.98. The SMILES string of the molecule is O=C(O)c1ccc2c(CNC3CCC3)coc2c1. The Morgan fingerprint density at radius 3 is 2.94 bits per heavy atom. The number of furan rings is 1. The van der Waals surface area contributed by atoms with Gasteiger partial charge in [0.15, 0.2) is 0 Å². The Bertz CT molecular complexity index is 584. The minimum atomic E-state index is -0.928. The quantitative estimate of drug-likeness (QED) is 0.869. The maximum atomic E-state index is 10.9. The van der Waals surface area contributed by atoms with Gasteiger partial charge in [-0.3, -0.25) is 0 Å². The van der Waals surface area contributed by atoms with Crippen LogP contribution in [0.3, 0.4) is 0 Å². The highest BCUT2D eigenvalue weighted by atomic mass is 16.4. The van der Waals surface area contributed by atoms with Crippen LogP contribution in [-0.2, 0) is 6.54 Å². The topological polar surface area (TPSA) is 62.5 Å². The van der Waals surface area contributed by atoms with Gasteiger partial charge >= 0.3 is 5.97 Å². The maximum absolute atomic E-state index is 10.9. The van der Waals surface area contributed by atoms with Crippen molar-refractivity contribution in [3.8, 4) is 0 Å². The molecule has 1 aromatic heterocycles. The van der Waals surface area contributed by atoms with Gasteiger partial charge in [0.05, 0.1) is 11.8 Å². The van der Waals surface area contributed by atoms with Crippen molar-refractivity contribution in [3.63, 3.8) is 0 Å². The van der Waals surface area contributed by atoms with Gasteiger partial charge in [-0.15, -0.1) is 0 Å². The summed E-state index contributed by atoms with van der Waals surface area (Å²) in [5.41, 5.74) is 1.99. The van der Waals surface area contributed by atoms with Gasteiger partial charge in [-0.25, -0.2) is 4.79 Å². The third-order valence-corrected chi connectivity index (χ3v) is 3.59. The van der Waals surface area contributed by atoms with Crippen molar-refractivity contribution in [2.75, 3.05) is 0 Å². The lowest BCUT2D eigenvalue weighted by Crippen LogP contribution is -2.34. The molecule has 4 nitrogen and oxygen atoms in total. The van der Waals surface area contributed by atoms with E-state index in [9.17, 15) is 4.79 Å². The van der Waals surface area contributed by atoms with E-state index in [4.69, 9.17) is 9.52 Å². The summed E-state index contributed by atoms with van der Waals surface area (Å²) in [6.45, 7) is 0.782. The summed E-state index contributed by atoms with van der Waals surface area (Å²) < 4.78 is 5.42. The average molecular weight is 245 g/mol. The molecule has 0 radical (unpaired) electrons. The van der Waals surface area contributed by atoms with Crippen molar-refractivity contribution in [2.24, 2.45) is 0 Å². The molecule has 4 heteroatoms. The average Bonchev–Trinajstić information content (AvgIpc) is 2.69. The van der Waals surface area contributed by atoms with E-state index in [-0.39, 0.29) is 5.56 Å². The fourth-order valence-corrected chi connectivity index (χ4v) is 2.22. The summed E-state index contributed by atoms with van der Waals surface area (Å²) in [4.78, 5) is 10.9. The smallest absolute Gasteiger partial charge is 0.335 e. The van der Waals surface area contributed by atoms with Crippen LogP contribution in [0.25, 0.3) is 11.0 Å². The van der Waals surface area contributed by atoms with E-state index in [1.165, 1.54) is 19.3 Å². The summed E-state index contributed by atoms with van der Waals surface area (Å²) in [6, 6.07) is 5.64. The molecule has 1 aliphatic carbocycles. The fourth-order valence-electron chi connectivity index (χ4n) is 2.22. The van der Waals surface area contributed by atoms with E-state index >= 15 is 0 Å². The molecular formula is C14H15NO3. The van der Waals surface area contributed by atoms with E-state index in [1.54, 1.807) is 18.4 Å². The van der Waals surface area contributed by atoms with E-state index < -0.39 is 5.97 Å². The Balaban J connectivity index is 1.82. The molecule has 1 aliphatic rings. The van der Waals surface area contributed by atoms with Crippen LogP contribution in [-0.4, -0.2) is 17.1 Å². The molecule has 2 N–H and O–H groups in total. The third-order valence-electron chi connectivity index (χ3n) is 3.59. The van der Waals surface area contributed by atoms with Crippen LogP contribution < -0.4 is 5.32 Å². The lowest BCUT2D eigenvalue weighted by molar-refractivity contribution is 0.0697. The van der Waals surface area contributed by atoms with Gasteiger partial charge in [-0.1, -0.05) is 6.42 Å². The molecule has 94 valence electrons. The Morgan fingerprint density at radius 1 is 1.44 bits per heavy atom. The number of carboxylic acids is 1. The van der Waals surface area contributed by atoms with Gasteiger partial charge in [0.1, 0.15) is 5.58 Å². The van der Waals surface area contributed by atoms with Crippen LogP contribution in [0.1, 0.15) is 35.2 Å². The lowest BCUT2D eigenvalue weighted by Gasteiger charge is -2.26. The number of hydrogen-bond donors (Lipinski definition) is 2. The largest absolute Gasteiger partial charge is 0.478 e. The van der Waals surface area contributed by atoms with Crippen molar-refractivity contribution in [1.82, 2.24) is 5.32 Å². The van der Waals surface area contributed by atoms with Crippen molar-refractivity contribution in [3.05, 3.63) is 35.6 Å². The number of aromatic carboxylic acids is 1. The first-order valence-electron chi connectivity index (χ1n) is 6.21. The van der Waals surface area contributed by atoms with Crippen LogP contribution in [0.2, 0.25) is 0 Å². The summed E-state index contributed by atoms with van der Waals surface area (Å²) in [6.07, 6.45) is 5.52. The molecule has 3 rings (SSSR count). The van der Waals surface area contributed by atoms with Crippen molar-refractivity contribution >= 4 is 16.9 Å². The summed E-state index contributed by atoms with van der Waals surface area (Å²) in [5.74, 6) is -0.928. The van der Waals surface area contributed by atoms with Crippen LogP contribution in [0, 0.1) is 0 Å². The van der Waals surface area contributed by atoms with Gasteiger partial charge in [-0.05, 0) is 31.0 Å². The minimum absolute atomic E-state index is 0.260. The van der Waals surface area contributed by atoms with E-state index in [1.807, 2.05) is 6.07 Å². The third kappa shape index (κ3) is 1.99. The predicted molar refractivity (Wildman–Crippen MR) is 67.7 cm³/mol. The standard InChI is InChI=1S/C14H15NO3/c16-14(17)9-4-5-12-10(8-18-13(12)6-9)7-15-11-2-1-3-11/h4-6,8,11,15H,1-3,7H2,(H,16,17). The molecule has 0 amide bonds. The number of carbonyl (C=O) groups is 1. The van der Waals surface area contributed by atoms with Crippen LogP contribution in [0.15, 0.2) is 28.9 Å². The van der Waals surface area contributed by atoms with Crippen LogP contribution >= 0.6 is 0 Å². The Morgan fingerprint density at radius 2 is 2.28 bits per heavy atom. The molecule has 0 bridgehead atoms. The Kier molecular flexibility index (Phi) is 2.80. The highest BCUT2D eigenvalue weighted by Gasteiger charge is 2.17. The van der Waals surface area contributed by atoms with E-state index in [0.29, 0.717) is 11.6 Å². The number of hydrogen-bond acceptors (Lipinski definition) is 3. The Labute approximate surface area is 105 Å². The summed E-state index contributed by atoms with van der Waals surface area (Å²) in [5, 5.41) is 13.4. The second kappa shape index (κ2) is 4.46. The Hall–Kier alpha value is -1.81. The molecule has 1 aromatic carbocycles. The molecule has 18 heavy (non-hydrogen) atoms. The van der Waals surface area contributed by atoms with Gasteiger partial charge in [0, 0.05) is 23.5 Å². The molecule has 1 saturated carbocycles. The van der Waals surface area contributed by atoms with E-state index in [2.05, 4.69) is 5.32 Å². The molecule has 1 heterocycles. The minimum Gasteiger partial charge on any atom is -0.478 e. The molecule has 0 unspecified atom stereocenters. The summed E-state index contributed by atoms with van der Waals surface area (Å²) >= 11 is 0. The number of rotatable bonds is 4. The maximum Gasteiger partial charge on any atom is 0.335 e. The first-order chi connectivity index (χ1) is 8.74. The normalized spacial score (nSPS) is 15.8. The fraction of sp³-hybridized carbons (Fsp3) is 0.357. The lowest BCUT2D eigenvalue weighted by atomic mass is 9.93. The number of benzene rings is 1. The van der Waals surface area contributed by atoms with Crippen molar-refractivity contribution in [1.29, 1.82) is 0 Å². The second-order valence-electron chi connectivity index (χ2n) is 4.79. The van der Waals surface area contributed by atoms with E-state index in [0.717, 1.165) is 17.5 Å². The molecule has 0 spiro atoms. The van der Waals surface area contributed by atoms with Gasteiger partial charge < -0.3 is 14.8 Å². The van der Waals surface area contributed by atoms with Crippen LogP contribution in [0.5, 0.6) is 0 Å². The molecule has 2 aromatic rings. The highest BCUT2D eigenvalue weighted by molar-refractivity contribution is 5.93. The molecule has 0 aliphatic heterocycles. The predicted octanol–water partition coefficient (Wildman–Crippen LogP) is 2.77. The monoisotopic (exact) mass is 245 g/mol. The van der Waals surface area contributed by atoms with Gasteiger partial charge in [0.25, 0.3) is 0 Å². The van der Waals surface area contributed by atoms with Crippen molar-refractivity contribution < 1.29 is 14.3 Å². The zero-order valence-electron chi connectivity index (χ0n) is 9.98.